The summed E-state index contributed by atoms with van der Waals surface area (Å²) in [6.07, 6.45) is 1.42. The fourth-order valence-electron chi connectivity index (χ4n) is 2.96. The van der Waals surface area contributed by atoms with Crippen LogP contribution in [0.15, 0.2) is 17.0 Å². The largest absolute Gasteiger partial charge is 0.328 e. The number of sulfonamides is 1. The topological polar surface area (TPSA) is 107 Å². The Bertz CT molecular complexity index is 714. The molecule has 0 saturated carbocycles. The first kappa shape index (κ1) is 20.8. The molecule has 0 spiro atoms. The van der Waals surface area contributed by atoms with Gasteiger partial charge in [-0.05, 0) is 50.7 Å². The Kier molecular flexibility index (Phi) is 6.75. The highest BCUT2D eigenvalue weighted by Crippen LogP contribution is 2.30. The summed E-state index contributed by atoms with van der Waals surface area (Å²) in [6.45, 7) is 6.10. The molecule has 136 valence electrons. The van der Waals surface area contributed by atoms with E-state index in [1.54, 1.807) is 13.8 Å². The summed E-state index contributed by atoms with van der Waals surface area (Å²) in [5.41, 5.74) is 6.85. The second-order valence-corrected chi connectivity index (χ2v) is 8.15. The van der Waals surface area contributed by atoms with Crippen LogP contribution in [0.2, 0.25) is 0 Å². The third kappa shape index (κ3) is 4.05. The van der Waals surface area contributed by atoms with Gasteiger partial charge in [-0.25, -0.2) is 8.42 Å². The summed E-state index contributed by atoms with van der Waals surface area (Å²) >= 11 is 0. The maximum Gasteiger partial charge on any atom is 0.271 e. The molecule has 24 heavy (non-hydrogen) atoms. The van der Waals surface area contributed by atoms with Gasteiger partial charge in [-0.1, -0.05) is 0 Å². The van der Waals surface area contributed by atoms with E-state index in [1.165, 1.54) is 10.4 Å². The van der Waals surface area contributed by atoms with Crippen molar-refractivity contribution in [1.29, 1.82) is 0 Å². The highest BCUT2D eigenvalue weighted by molar-refractivity contribution is 7.89. The predicted molar refractivity (Wildman–Crippen MR) is 95.0 cm³/mol. The number of benzene rings is 1. The van der Waals surface area contributed by atoms with E-state index in [0.717, 1.165) is 6.07 Å². The van der Waals surface area contributed by atoms with Gasteiger partial charge < -0.3 is 5.73 Å². The first-order valence-electron chi connectivity index (χ1n) is 7.66. The van der Waals surface area contributed by atoms with Crippen LogP contribution in [-0.2, 0) is 10.0 Å². The molecule has 1 heterocycles. The van der Waals surface area contributed by atoms with E-state index in [9.17, 15) is 18.5 Å². The smallest absolute Gasteiger partial charge is 0.271 e. The first-order valence-corrected chi connectivity index (χ1v) is 9.10. The van der Waals surface area contributed by atoms with Crippen molar-refractivity contribution in [3.8, 4) is 0 Å². The third-order valence-corrected chi connectivity index (χ3v) is 6.70. The third-order valence-electron chi connectivity index (χ3n) is 4.68. The molecule has 1 aromatic carbocycles. The first-order chi connectivity index (χ1) is 10.6. The molecule has 0 bridgehead atoms. The number of nitro benzene ring substituents is 1. The van der Waals surface area contributed by atoms with Gasteiger partial charge in [-0.2, -0.15) is 4.31 Å². The van der Waals surface area contributed by atoms with Crippen LogP contribution < -0.4 is 5.73 Å². The highest BCUT2D eigenvalue weighted by atomic mass is 35.5. The van der Waals surface area contributed by atoms with Gasteiger partial charge in [0.15, 0.2) is 0 Å². The van der Waals surface area contributed by atoms with Crippen LogP contribution in [-0.4, -0.2) is 36.8 Å². The Labute approximate surface area is 148 Å². The van der Waals surface area contributed by atoms with Crippen LogP contribution in [0.1, 0.15) is 30.9 Å². The van der Waals surface area contributed by atoms with Gasteiger partial charge in [0.05, 0.1) is 9.82 Å². The maximum atomic E-state index is 12.9. The lowest BCUT2D eigenvalue weighted by molar-refractivity contribution is -0.385. The molecule has 2 N–H and O–H groups in total. The zero-order valence-electron chi connectivity index (χ0n) is 14.1. The summed E-state index contributed by atoms with van der Waals surface area (Å²) < 4.78 is 27.2. The van der Waals surface area contributed by atoms with E-state index in [4.69, 9.17) is 5.73 Å². The van der Waals surface area contributed by atoms with Crippen molar-refractivity contribution < 1.29 is 13.3 Å². The normalized spacial score (nSPS) is 18.0. The van der Waals surface area contributed by atoms with Gasteiger partial charge in [-0.3, -0.25) is 10.1 Å². The minimum Gasteiger partial charge on any atom is -0.328 e. The van der Waals surface area contributed by atoms with Crippen molar-refractivity contribution in [2.75, 3.05) is 13.1 Å². The molecule has 1 aliphatic rings. The number of non-ortho nitro benzene ring substituents is 1. The fraction of sp³-hybridized carbons (Fsp3) is 0.600. The van der Waals surface area contributed by atoms with Gasteiger partial charge in [-0.15, -0.1) is 12.4 Å². The van der Waals surface area contributed by atoms with Crippen molar-refractivity contribution in [1.82, 2.24) is 4.31 Å². The summed E-state index contributed by atoms with van der Waals surface area (Å²) in [4.78, 5) is 10.5. The van der Waals surface area contributed by atoms with Crippen molar-refractivity contribution in [2.45, 2.75) is 44.6 Å². The number of nitrogens with zero attached hydrogens (tertiary/aromatic N) is 2. The quantitative estimate of drug-likeness (QED) is 0.640. The minimum atomic E-state index is -3.73. The second kappa shape index (κ2) is 7.77. The number of hydrogen-bond acceptors (Lipinski definition) is 5. The molecule has 0 aliphatic carbocycles. The zero-order chi connectivity index (χ0) is 17.4. The lowest BCUT2D eigenvalue weighted by Gasteiger charge is -2.33. The Balaban J connectivity index is 0.00000288. The monoisotopic (exact) mass is 377 g/mol. The average molecular weight is 378 g/mol. The Hall–Kier alpha value is -1.22. The summed E-state index contributed by atoms with van der Waals surface area (Å²) in [6, 6.07) is 2.60. The standard InChI is InChI=1S/C15H23N3O4S.ClH/c1-10-8-14(18(19)20)9-15(11(10)2)23(21,22)17-6-4-13(5-7-17)12(3)16;/h8-9,12-13H,4-7,16H2,1-3H3;1H. The molecule has 1 atom stereocenters. The number of nitrogens with two attached hydrogens (primary N) is 1. The van der Waals surface area contributed by atoms with Crippen molar-refractivity contribution in [3.63, 3.8) is 0 Å². The number of aryl methyl sites for hydroxylation is 1. The molecule has 1 fully saturated rings. The molecular weight excluding hydrogens is 354 g/mol. The molecule has 1 aromatic rings. The molecule has 1 aliphatic heterocycles. The number of nitro groups is 1. The summed E-state index contributed by atoms with van der Waals surface area (Å²) in [7, 11) is -3.73. The minimum absolute atomic E-state index is 0. The van der Waals surface area contributed by atoms with Crippen LogP contribution >= 0.6 is 12.4 Å². The molecule has 1 unspecified atom stereocenters. The Morgan fingerprint density at radius 3 is 2.29 bits per heavy atom. The van der Waals surface area contributed by atoms with Crippen LogP contribution in [0.5, 0.6) is 0 Å². The number of piperidine rings is 1. The molecular formula is C15H24ClN3O4S. The Morgan fingerprint density at radius 1 is 1.29 bits per heavy atom. The Morgan fingerprint density at radius 2 is 1.83 bits per heavy atom. The molecule has 7 nitrogen and oxygen atoms in total. The number of hydrogen-bond donors (Lipinski definition) is 1. The summed E-state index contributed by atoms with van der Waals surface area (Å²) in [5, 5.41) is 11.0. The number of rotatable bonds is 4. The van der Waals surface area contributed by atoms with E-state index in [2.05, 4.69) is 0 Å². The van der Waals surface area contributed by atoms with Gasteiger partial charge in [0.2, 0.25) is 10.0 Å². The second-order valence-electron chi connectivity index (χ2n) is 6.24. The summed E-state index contributed by atoms with van der Waals surface area (Å²) in [5.74, 6) is 0.314. The van der Waals surface area contributed by atoms with Crippen LogP contribution in [0, 0.1) is 29.9 Å². The average Bonchev–Trinajstić information content (AvgIpc) is 2.49. The lowest BCUT2D eigenvalue weighted by atomic mass is 9.92. The van der Waals surface area contributed by atoms with Crippen molar-refractivity contribution >= 4 is 28.1 Å². The number of halogens is 1. The van der Waals surface area contributed by atoms with E-state index in [-0.39, 0.29) is 29.0 Å². The van der Waals surface area contributed by atoms with Gasteiger partial charge >= 0.3 is 0 Å². The molecule has 0 amide bonds. The van der Waals surface area contributed by atoms with Gasteiger partial charge in [0.1, 0.15) is 0 Å². The van der Waals surface area contributed by atoms with E-state index >= 15 is 0 Å². The SMILES string of the molecule is Cc1cc([N+](=O)[O-])cc(S(=O)(=O)N2CCC(C(C)N)CC2)c1C.Cl. The fourth-order valence-corrected chi connectivity index (χ4v) is 4.75. The zero-order valence-corrected chi connectivity index (χ0v) is 15.7. The molecule has 2 rings (SSSR count). The van der Waals surface area contributed by atoms with Gasteiger partial charge in [0, 0.05) is 31.3 Å². The van der Waals surface area contributed by atoms with Crippen LogP contribution in [0.3, 0.4) is 0 Å². The van der Waals surface area contributed by atoms with Crippen LogP contribution in [0.25, 0.3) is 0 Å². The molecule has 0 aromatic heterocycles. The van der Waals surface area contributed by atoms with Crippen molar-refractivity contribution in [2.24, 2.45) is 11.7 Å². The van der Waals surface area contributed by atoms with Gasteiger partial charge in [0.25, 0.3) is 5.69 Å². The van der Waals surface area contributed by atoms with E-state index in [1.807, 2.05) is 6.92 Å². The maximum absolute atomic E-state index is 12.9. The lowest BCUT2D eigenvalue weighted by Crippen LogP contribution is -2.42. The molecule has 9 heteroatoms. The van der Waals surface area contributed by atoms with E-state index < -0.39 is 14.9 Å². The van der Waals surface area contributed by atoms with Crippen molar-refractivity contribution in [3.05, 3.63) is 33.4 Å². The molecule has 0 radical (unpaired) electrons. The van der Waals surface area contributed by atoms with Crippen LogP contribution in [0.4, 0.5) is 5.69 Å². The molecule has 1 saturated heterocycles. The predicted octanol–water partition coefficient (Wildman–Crippen LogP) is 2.38. The van der Waals surface area contributed by atoms with E-state index in [0.29, 0.717) is 43.0 Å². The highest BCUT2D eigenvalue weighted by Gasteiger charge is 2.32.